The van der Waals surface area contributed by atoms with E-state index in [4.69, 9.17) is 23.2 Å². The van der Waals surface area contributed by atoms with Gasteiger partial charge in [0, 0.05) is 12.4 Å². The van der Waals surface area contributed by atoms with Gasteiger partial charge in [0.25, 0.3) is 5.91 Å². The van der Waals surface area contributed by atoms with Crippen molar-refractivity contribution in [1.29, 1.82) is 0 Å². The molecule has 3 rings (SSSR count). The zero-order chi connectivity index (χ0) is 18.7. The molecule has 0 saturated carbocycles. The number of anilines is 3. The zero-order valence-corrected chi connectivity index (χ0v) is 14.4. The largest absolute Gasteiger partial charge is 0.323 e. The number of rotatable bonds is 4. The van der Waals surface area contributed by atoms with Gasteiger partial charge in [-0.2, -0.15) is 0 Å². The van der Waals surface area contributed by atoms with Crippen LogP contribution in [0.15, 0.2) is 48.8 Å². The Kier molecular flexibility index (Phi) is 5.29. The number of hydrogen-bond donors (Lipinski definition) is 2. The first-order valence-corrected chi connectivity index (χ1v) is 7.99. The van der Waals surface area contributed by atoms with Crippen molar-refractivity contribution in [3.8, 4) is 0 Å². The number of carbonyl (C=O) groups excluding carboxylic acids is 1. The summed E-state index contributed by atoms with van der Waals surface area (Å²) < 4.78 is 27.2. The molecular weight excluding hydrogens is 385 g/mol. The molecule has 0 atom stereocenters. The normalized spacial score (nSPS) is 10.5. The van der Waals surface area contributed by atoms with Crippen molar-refractivity contribution in [2.75, 3.05) is 10.6 Å². The van der Waals surface area contributed by atoms with Crippen molar-refractivity contribution in [2.24, 2.45) is 0 Å². The summed E-state index contributed by atoms with van der Waals surface area (Å²) in [7, 11) is 0. The molecule has 3 aromatic rings. The van der Waals surface area contributed by atoms with Crippen LogP contribution in [0.5, 0.6) is 0 Å². The Morgan fingerprint density at radius 3 is 2.23 bits per heavy atom. The molecular formula is C17H10Cl2F2N4O. The molecule has 9 heteroatoms. The van der Waals surface area contributed by atoms with Crippen LogP contribution in [0.25, 0.3) is 0 Å². The summed E-state index contributed by atoms with van der Waals surface area (Å²) in [5.41, 5.74) is -0.0226. The fourth-order valence-corrected chi connectivity index (χ4v) is 2.38. The highest BCUT2D eigenvalue weighted by molar-refractivity contribution is 6.43. The summed E-state index contributed by atoms with van der Waals surface area (Å²) in [6.07, 6.45) is 2.42. The van der Waals surface area contributed by atoms with Crippen LogP contribution in [0.3, 0.4) is 0 Å². The number of para-hydroxylation sites is 1. The molecule has 1 heterocycles. The molecule has 0 unspecified atom stereocenters. The molecule has 0 saturated heterocycles. The molecule has 0 radical (unpaired) electrons. The lowest BCUT2D eigenvalue weighted by Crippen LogP contribution is -2.15. The molecule has 0 fully saturated rings. The maximum atomic E-state index is 13.6. The predicted molar refractivity (Wildman–Crippen MR) is 96.1 cm³/mol. The van der Waals surface area contributed by atoms with Gasteiger partial charge < -0.3 is 10.6 Å². The zero-order valence-electron chi connectivity index (χ0n) is 12.9. The van der Waals surface area contributed by atoms with E-state index in [-0.39, 0.29) is 11.5 Å². The lowest BCUT2D eigenvalue weighted by atomic mass is 10.2. The average Bonchev–Trinajstić information content (AvgIpc) is 2.63. The van der Waals surface area contributed by atoms with Crippen molar-refractivity contribution in [3.05, 3.63) is 76.0 Å². The summed E-state index contributed by atoms with van der Waals surface area (Å²) in [4.78, 5) is 20.1. The highest BCUT2D eigenvalue weighted by Crippen LogP contribution is 2.30. The number of carbonyl (C=O) groups is 1. The van der Waals surface area contributed by atoms with Gasteiger partial charge in [-0.3, -0.25) is 4.79 Å². The van der Waals surface area contributed by atoms with Crippen LogP contribution in [0.2, 0.25) is 10.0 Å². The highest BCUT2D eigenvalue weighted by Gasteiger charge is 2.14. The molecule has 5 nitrogen and oxygen atoms in total. The van der Waals surface area contributed by atoms with E-state index in [0.29, 0.717) is 15.7 Å². The lowest BCUT2D eigenvalue weighted by molar-refractivity contribution is 0.102. The second-order valence-electron chi connectivity index (χ2n) is 5.07. The average molecular weight is 395 g/mol. The molecule has 1 amide bonds. The van der Waals surface area contributed by atoms with Gasteiger partial charge in [-0.05, 0) is 24.3 Å². The monoisotopic (exact) mass is 394 g/mol. The molecule has 2 aromatic carbocycles. The minimum Gasteiger partial charge on any atom is -0.323 e. The maximum absolute atomic E-state index is 13.6. The van der Waals surface area contributed by atoms with Crippen molar-refractivity contribution in [3.63, 3.8) is 0 Å². The summed E-state index contributed by atoms with van der Waals surface area (Å²) in [5, 5.41) is 5.67. The summed E-state index contributed by atoms with van der Waals surface area (Å²) in [6.45, 7) is 0. The summed E-state index contributed by atoms with van der Waals surface area (Å²) >= 11 is 12.0. The van der Waals surface area contributed by atoms with Crippen LogP contribution in [0.1, 0.15) is 10.4 Å². The molecule has 132 valence electrons. The van der Waals surface area contributed by atoms with E-state index < -0.39 is 23.2 Å². The van der Waals surface area contributed by atoms with Gasteiger partial charge in [-0.15, -0.1) is 0 Å². The minimum atomic E-state index is -0.881. The Hall–Kier alpha value is -2.77. The van der Waals surface area contributed by atoms with Crippen molar-refractivity contribution in [2.45, 2.75) is 0 Å². The van der Waals surface area contributed by atoms with E-state index in [2.05, 4.69) is 20.6 Å². The first-order chi connectivity index (χ1) is 12.5. The number of halogens is 4. The second-order valence-corrected chi connectivity index (χ2v) is 5.86. The van der Waals surface area contributed by atoms with Crippen LogP contribution >= 0.6 is 23.2 Å². The fraction of sp³-hybridized carbons (Fsp3) is 0. The van der Waals surface area contributed by atoms with E-state index in [1.165, 1.54) is 18.5 Å². The Labute approximate surface area is 157 Å². The topological polar surface area (TPSA) is 66.9 Å². The van der Waals surface area contributed by atoms with Gasteiger partial charge >= 0.3 is 0 Å². The molecule has 0 aliphatic carbocycles. The molecule has 0 spiro atoms. The van der Waals surface area contributed by atoms with Crippen LogP contribution in [0.4, 0.5) is 26.1 Å². The molecule has 2 N–H and O–H groups in total. The van der Waals surface area contributed by atoms with Crippen LogP contribution < -0.4 is 10.6 Å². The lowest BCUT2D eigenvalue weighted by Gasteiger charge is -2.09. The number of nitrogens with zero attached hydrogens (tertiary/aromatic N) is 2. The van der Waals surface area contributed by atoms with Gasteiger partial charge in [0.2, 0.25) is 5.95 Å². The first-order valence-electron chi connectivity index (χ1n) is 7.24. The van der Waals surface area contributed by atoms with Crippen molar-refractivity contribution >= 4 is 46.4 Å². The first kappa shape index (κ1) is 18.0. The number of benzene rings is 2. The Balaban J connectivity index is 1.75. The predicted octanol–water partition coefficient (Wildman–Crippen LogP) is 5.06. The fourth-order valence-electron chi connectivity index (χ4n) is 2.03. The Morgan fingerprint density at radius 2 is 1.58 bits per heavy atom. The molecule has 0 aliphatic rings. The van der Waals surface area contributed by atoms with E-state index in [0.717, 1.165) is 12.1 Å². The SMILES string of the molecule is O=C(Nc1c(F)cccc1F)c1cnc(Nc2cccc(Cl)c2Cl)nc1. The number of hydrogen-bond acceptors (Lipinski definition) is 4. The minimum absolute atomic E-state index is 0.0235. The van der Waals surface area contributed by atoms with Crippen LogP contribution in [-0.4, -0.2) is 15.9 Å². The second kappa shape index (κ2) is 7.63. The van der Waals surface area contributed by atoms with Gasteiger partial charge in [0.1, 0.15) is 17.3 Å². The number of nitrogens with one attached hydrogen (secondary N) is 2. The van der Waals surface area contributed by atoms with Crippen LogP contribution in [0, 0.1) is 11.6 Å². The maximum Gasteiger partial charge on any atom is 0.258 e. The summed E-state index contributed by atoms with van der Waals surface area (Å²) in [6, 6.07) is 8.28. The quantitative estimate of drug-likeness (QED) is 0.648. The molecule has 0 aliphatic heterocycles. The van der Waals surface area contributed by atoms with Crippen molar-refractivity contribution in [1.82, 2.24) is 9.97 Å². The van der Waals surface area contributed by atoms with E-state index in [1.54, 1.807) is 18.2 Å². The van der Waals surface area contributed by atoms with Gasteiger partial charge in [-0.1, -0.05) is 35.3 Å². The molecule has 1 aromatic heterocycles. The van der Waals surface area contributed by atoms with E-state index >= 15 is 0 Å². The third-order valence-corrected chi connectivity index (χ3v) is 4.13. The highest BCUT2D eigenvalue weighted by atomic mass is 35.5. The number of amides is 1. The van der Waals surface area contributed by atoms with Gasteiger partial charge in [0.05, 0.1) is 21.3 Å². The van der Waals surface area contributed by atoms with E-state index in [1.807, 2.05) is 0 Å². The third-order valence-electron chi connectivity index (χ3n) is 3.31. The van der Waals surface area contributed by atoms with Crippen molar-refractivity contribution < 1.29 is 13.6 Å². The smallest absolute Gasteiger partial charge is 0.258 e. The Bertz CT molecular complexity index is 947. The van der Waals surface area contributed by atoms with E-state index in [9.17, 15) is 13.6 Å². The summed E-state index contributed by atoms with van der Waals surface area (Å²) in [5.74, 6) is -2.34. The number of aromatic nitrogens is 2. The molecule has 26 heavy (non-hydrogen) atoms. The molecule has 0 bridgehead atoms. The van der Waals surface area contributed by atoms with Gasteiger partial charge in [0.15, 0.2) is 0 Å². The standard InChI is InChI=1S/C17H10Cl2F2N4O/c18-10-3-1-6-13(14(10)19)24-17-22-7-9(8-23-17)16(26)25-15-11(20)4-2-5-12(15)21/h1-8H,(H,25,26)(H,22,23,24). The Morgan fingerprint density at radius 1 is 0.962 bits per heavy atom. The van der Waals surface area contributed by atoms with Gasteiger partial charge in [-0.25, -0.2) is 18.7 Å². The van der Waals surface area contributed by atoms with Crippen LogP contribution in [-0.2, 0) is 0 Å². The third kappa shape index (κ3) is 3.89.